The molecule has 0 aromatic heterocycles. The Kier molecular flexibility index (Phi) is 9.39. The molecule has 208 valence electrons. The average Bonchev–Trinajstić information content (AvgIpc) is 3.23. The normalized spacial score (nSPS) is 13.6. The zero-order valence-corrected chi connectivity index (χ0v) is 24.4. The van der Waals surface area contributed by atoms with Crippen LogP contribution in [0.25, 0.3) is 11.3 Å². The minimum absolute atomic E-state index is 0.0179. The summed E-state index contributed by atoms with van der Waals surface area (Å²) in [5.74, 6) is -1.08. The fraction of sp³-hybridized carbons (Fsp3) is 0.258. The van der Waals surface area contributed by atoms with Crippen LogP contribution >= 0.6 is 15.9 Å². The van der Waals surface area contributed by atoms with E-state index in [9.17, 15) is 14.4 Å². The number of aryl methyl sites for hydroxylation is 1. The molecule has 2 amide bonds. The van der Waals surface area contributed by atoms with Gasteiger partial charge in [0.1, 0.15) is 0 Å². The first kappa shape index (κ1) is 29.0. The Morgan fingerprint density at radius 1 is 0.975 bits per heavy atom. The molecule has 40 heavy (non-hydrogen) atoms. The number of anilines is 3. The number of amides is 2. The number of nitrogens with zero attached hydrogens (tertiary/aromatic N) is 2. The lowest BCUT2D eigenvalue weighted by atomic mass is 9.98. The van der Waals surface area contributed by atoms with E-state index in [4.69, 9.17) is 5.11 Å². The van der Waals surface area contributed by atoms with Crippen LogP contribution in [0.15, 0.2) is 71.2 Å². The number of carbonyl (C=O) groups is 3. The van der Waals surface area contributed by atoms with Crippen molar-refractivity contribution in [1.82, 2.24) is 4.90 Å². The smallest absolute Gasteiger partial charge is 0.303 e. The monoisotopic (exact) mass is 604 g/mol. The fourth-order valence-corrected chi connectivity index (χ4v) is 5.01. The number of hydrogen-bond donors (Lipinski definition) is 3. The molecule has 1 aliphatic heterocycles. The average molecular weight is 606 g/mol. The molecule has 1 heterocycles. The minimum atomic E-state index is -0.844. The zero-order chi connectivity index (χ0) is 28.8. The van der Waals surface area contributed by atoms with Crippen LogP contribution in [-0.4, -0.2) is 55.0 Å². The van der Waals surface area contributed by atoms with E-state index >= 15 is 0 Å². The third kappa shape index (κ3) is 7.16. The summed E-state index contributed by atoms with van der Waals surface area (Å²) in [6.07, 6.45) is 1.33. The van der Waals surface area contributed by atoms with Gasteiger partial charge >= 0.3 is 5.97 Å². The van der Waals surface area contributed by atoms with Gasteiger partial charge in [0.2, 0.25) is 5.91 Å². The highest BCUT2D eigenvalue weighted by Gasteiger charge is 2.28. The highest BCUT2D eigenvalue weighted by Crippen LogP contribution is 2.39. The fourth-order valence-electron chi connectivity index (χ4n) is 4.64. The predicted octanol–water partition coefficient (Wildman–Crippen LogP) is 5.70. The van der Waals surface area contributed by atoms with Crippen molar-refractivity contribution >= 4 is 62.0 Å². The van der Waals surface area contributed by atoms with Crippen molar-refractivity contribution in [1.29, 1.82) is 0 Å². The van der Waals surface area contributed by atoms with E-state index in [1.165, 1.54) is 0 Å². The summed E-state index contributed by atoms with van der Waals surface area (Å²) < 4.78 is 0.862. The van der Waals surface area contributed by atoms with Crippen LogP contribution in [0.5, 0.6) is 0 Å². The number of aliphatic carboxylic acids is 1. The highest BCUT2D eigenvalue weighted by atomic mass is 79.9. The molecule has 1 aliphatic rings. The van der Waals surface area contributed by atoms with E-state index in [0.29, 0.717) is 24.2 Å². The van der Waals surface area contributed by atoms with Crippen molar-refractivity contribution in [2.45, 2.75) is 26.2 Å². The summed E-state index contributed by atoms with van der Waals surface area (Å²) in [7, 11) is 4.02. The first-order valence-corrected chi connectivity index (χ1v) is 13.9. The zero-order valence-electron chi connectivity index (χ0n) is 22.8. The largest absolute Gasteiger partial charge is 0.481 e. The van der Waals surface area contributed by atoms with Gasteiger partial charge in [0.25, 0.3) is 5.91 Å². The van der Waals surface area contributed by atoms with E-state index in [-0.39, 0.29) is 18.2 Å². The third-order valence-corrected chi connectivity index (χ3v) is 7.16. The molecule has 0 unspecified atom stereocenters. The highest BCUT2D eigenvalue weighted by molar-refractivity contribution is 9.10. The van der Waals surface area contributed by atoms with Gasteiger partial charge in [-0.25, -0.2) is 0 Å². The molecule has 0 fully saturated rings. The lowest BCUT2D eigenvalue weighted by molar-refractivity contribution is -0.137. The molecule has 0 spiro atoms. The maximum Gasteiger partial charge on any atom is 0.303 e. The van der Waals surface area contributed by atoms with Crippen LogP contribution in [0.2, 0.25) is 0 Å². The number of benzene rings is 3. The molecule has 0 aliphatic carbocycles. The Morgan fingerprint density at radius 2 is 1.68 bits per heavy atom. The molecule has 0 atom stereocenters. The van der Waals surface area contributed by atoms with Crippen LogP contribution in [0.1, 0.15) is 36.5 Å². The van der Waals surface area contributed by atoms with Crippen LogP contribution in [0.3, 0.4) is 0 Å². The van der Waals surface area contributed by atoms with Crippen molar-refractivity contribution in [3.63, 3.8) is 0 Å². The van der Waals surface area contributed by atoms with Crippen molar-refractivity contribution in [3.05, 3.63) is 87.9 Å². The molecular formula is C31H33BrN4O4. The van der Waals surface area contributed by atoms with Crippen molar-refractivity contribution in [2.24, 2.45) is 0 Å². The number of carbonyl (C=O) groups excluding carboxylic acids is 2. The van der Waals surface area contributed by atoms with E-state index < -0.39 is 5.97 Å². The first-order chi connectivity index (χ1) is 19.1. The van der Waals surface area contributed by atoms with Gasteiger partial charge in [0, 0.05) is 41.3 Å². The molecule has 3 aromatic rings. The van der Waals surface area contributed by atoms with Gasteiger partial charge in [-0.2, -0.15) is 0 Å². The van der Waals surface area contributed by atoms with Crippen molar-refractivity contribution < 1.29 is 19.5 Å². The SMILES string of the molecule is CC(=O)N(CCCN(C)C)c1ccc(N/C(=C2\C(=O)Nc3cc(Br)ccc32)c2ccc(CCC(=O)O)cc2)cc1. The van der Waals surface area contributed by atoms with Crippen LogP contribution in [-0.2, 0) is 20.8 Å². The minimum Gasteiger partial charge on any atom is -0.481 e. The molecule has 0 saturated carbocycles. The van der Waals surface area contributed by atoms with Crippen LogP contribution in [0, 0.1) is 0 Å². The molecule has 0 saturated heterocycles. The number of carboxylic acids is 1. The molecule has 0 radical (unpaired) electrons. The van der Waals surface area contributed by atoms with Gasteiger partial charge in [-0.15, -0.1) is 0 Å². The standard InChI is InChI=1S/C31H33BrN4O4/c1-20(37)36(18-4-17-35(2)3)25-13-11-24(12-14-25)33-30(22-8-5-21(6-9-22)7-16-28(38)39)29-26-15-10-23(32)19-27(26)34-31(29)40/h5-6,8-15,19,33H,4,7,16-18H2,1-3H3,(H,34,40)(H,38,39)/b30-29-. The van der Waals surface area contributed by atoms with Gasteiger partial charge in [-0.3, -0.25) is 14.4 Å². The van der Waals surface area contributed by atoms with Crippen molar-refractivity contribution in [2.75, 3.05) is 42.7 Å². The Bertz CT molecular complexity index is 1430. The number of hydrogen-bond acceptors (Lipinski definition) is 5. The van der Waals surface area contributed by atoms with Gasteiger partial charge < -0.3 is 25.5 Å². The lowest BCUT2D eigenvalue weighted by Gasteiger charge is -2.23. The summed E-state index contributed by atoms with van der Waals surface area (Å²) in [5, 5.41) is 15.4. The molecule has 0 bridgehead atoms. The van der Waals surface area contributed by atoms with E-state index in [1.807, 2.05) is 80.8 Å². The Morgan fingerprint density at radius 3 is 2.30 bits per heavy atom. The first-order valence-electron chi connectivity index (χ1n) is 13.1. The molecule has 4 rings (SSSR count). The quantitative estimate of drug-likeness (QED) is 0.243. The topological polar surface area (TPSA) is 102 Å². The third-order valence-electron chi connectivity index (χ3n) is 6.66. The van der Waals surface area contributed by atoms with Crippen molar-refractivity contribution in [3.8, 4) is 0 Å². The number of nitrogens with one attached hydrogen (secondary N) is 2. The van der Waals surface area contributed by atoms with Gasteiger partial charge in [0.05, 0.1) is 17.0 Å². The maximum absolute atomic E-state index is 13.2. The Hall–Kier alpha value is -3.95. The molecule has 3 aromatic carbocycles. The second-order valence-electron chi connectivity index (χ2n) is 9.98. The number of carboxylic acid groups (broad SMARTS) is 1. The Balaban J connectivity index is 1.68. The number of fused-ring (bicyclic) bond motifs is 1. The number of halogens is 1. The molecule has 3 N–H and O–H groups in total. The van der Waals surface area contributed by atoms with Crippen LogP contribution < -0.4 is 15.5 Å². The van der Waals surface area contributed by atoms with Gasteiger partial charge in [-0.05, 0) is 81.0 Å². The van der Waals surface area contributed by atoms with E-state index in [1.54, 1.807) is 11.8 Å². The Labute approximate surface area is 242 Å². The number of rotatable bonds is 11. The maximum atomic E-state index is 13.2. The lowest BCUT2D eigenvalue weighted by Crippen LogP contribution is -2.31. The summed E-state index contributed by atoms with van der Waals surface area (Å²) in [6.45, 7) is 3.07. The van der Waals surface area contributed by atoms with Gasteiger partial charge in [-0.1, -0.05) is 46.3 Å². The molecule has 8 nitrogen and oxygen atoms in total. The summed E-state index contributed by atoms with van der Waals surface area (Å²) in [4.78, 5) is 40.4. The second-order valence-corrected chi connectivity index (χ2v) is 10.9. The summed E-state index contributed by atoms with van der Waals surface area (Å²) in [6, 6.07) is 20.8. The van der Waals surface area contributed by atoms with Gasteiger partial charge in [0.15, 0.2) is 0 Å². The summed E-state index contributed by atoms with van der Waals surface area (Å²) in [5.41, 5.74) is 5.91. The second kappa shape index (κ2) is 12.9. The summed E-state index contributed by atoms with van der Waals surface area (Å²) >= 11 is 3.47. The predicted molar refractivity (Wildman–Crippen MR) is 163 cm³/mol. The molecular weight excluding hydrogens is 572 g/mol. The van der Waals surface area contributed by atoms with E-state index in [2.05, 4.69) is 31.5 Å². The van der Waals surface area contributed by atoms with E-state index in [0.717, 1.165) is 51.2 Å². The van der Waals surface area contributed by atoms with Crippen LogP contribution in [0.4, 0.5) is 17.1 Å². The molecule has 9 heteroatoms.